The van der Waals surface area contributed by atoms with Crippen LogP contribution in [0.1, 0.15) is 25.1 Å². The fourth-order valence-electron chi connectivity index (χ4n) is 1.15. The summed E-state index contributed by atoms with van der Waals surface area (Å²) in [4.78, 5) is 3.92. The fraction of sp³-hybridized carbons (Fsp3) is 0.556. The van der Waals surface area contributed by atoms with Gasteiger partial charge >= 0.3 is 6.08 Å². The van der Waals surface area contributed by atoms with Crippen LogP contribution in [0.5, 0.6) is 6.08 Å². The summed E-state index contributed by atoms with van der Waals surface area (Å²) < 4.78 is 10.0. The van der Waals surface area contributed by atoms with Crippen molar-refractivity contribution in [1.29, 1.82) is 0 Å². The number of allylic oxidation sites excluding steroid dienone is 1. The third-order valence-corrected chi connectivity index (χ3v) is 2.08. The minimum Gasteiger partial charge on any atom is -0.445 e. The Kier molecular flexibility index (Phi) is 2.29. The molecule has 70 valence electrons. The maximum atomic E-state index is 5.22. The third kappa shape index (κ3) is 2.08. The van der Waals surface area contributed by atoms with Crippen LogP contribution in [-0.2, 0) is 0 Å². The maximum Gasteiger partial charge on any atom is 0.417 e. The average Bonchev–Trinajstić information content (AvgIpc) is 2.42. The minimum absolute atomic E-state index is 0.258. The molecule has 13 heavy (non-hydrogen) atoms. The Hall–Kier alpha value is -1.32. The van der Waals surface area contributed by atoms with Gasteiger partial charge in [0.2, 0.25) is 0 Å². The predicted molar refractivity (Wildman–Crippen MR) is 46.5 cm³/mol. The molecule has 0 aromatic carbocycles. The van der Waals surface area contributed by atoms with E-state index in [0.717, 1.165) is 0 Å². The summed E-state index contributed by atoms with van der Waals surface area (Å²) in [7, 11) is 0. The van der Waals surface area contributed by atoms with Gasteiger partial charge in [0.05, 0.1) is 0 Å². The lowest BCUT2D eigenvalue weighted by Gasteiger charge is -2.15. The first-order valence-corrected chi connectivity index (χ1v) is 4.45. The smallest absolute Gasteiger partial charge is 0.417 e. The van der Waals surface area contributed by atoms with Crippen molar-refractivity contribution < 1.29 is 9.26 Å². The number of hydrogen-bond acceptors (Lipinski definition) is 4. The van der Waals surface area contributed by atoms with Gasteiger partial charge in [-0.2, -0.15) is 4.98 Å². The van der Waals surface area contributed by atoms with Crippen LogP contribution in [-0.4, -0.2) is 16.7 Å². The second kappa shape index (κ2) is 3.60. The summed E-state index contributed by atoms with van der Waals surface area (Å²) in [6.45, 7) is 2.30. The first-order valence-electron chi connectivity index (χ1n) is 4.45. The van der Waals surface area contributed by atoms with Gasteiger partial charge in [-0.25, -0.2) is 0 Å². The Labute approximate surface area is 76.6 Å². The molecule has 0 bridgehead atoms. The Balaban J connectivity index is 1.79. The molecule has 1 aromatic rings. The monoisotopic (exact) mass is 180 g/mol. The number of hydrogen-bond donors (Lipinski definition) is 0. The molecule has 4 heteroatoms. The van der Waals surface area contributed by atoms with E-state index < -0.39 is 0 Å². The van der Waals surface area contributed by atoms with Gasteiger partial charge in [0.1, 0.15) is 6.61 Å². The van der Waals surface area contributed by atoms with E-state index in [4.69, 9.17) is 9.26 Å². The van der Waals surface area contributed by atoms with Crippen molar-refractivity contribution in [1.82, 2.24) is 10.1 Å². The molecule has 1 heterocycles. The van der Waals surface area contributed by atoms with Gasteiger partial charge in [-0.05, 0) is 32.3 Å². The highest BCUT2D eigenvalue weighted by molar-refractivity contribution is 5.09. The molecule has 0 atom stereocenters. The van der Waals surface area contributed by atoms with Crippen LogP contribution < -0.4 is 4.74 Å². The Bertz CT molecular complexity index is 311. The summed E-state index contributed by atoms with van der Waals surface area (Å²) in [5.74, 6) is 0.603. The van der Waals surface area contributed by atoms with E-state index in [0.29, 0.717) is 12.4 Å². The molecule has 0 amide bonds. The highest BCUT2D eigenvalue weighted by atomic mass is 16.6. The van der Waals surface area contributed by atoms with Gasteiger partial charge in [0, 0.05) is 0 Å². The van der Waals surface area contributed by atoms with E-state index in [1.54, 1.807) is 6.92 Å². The van der Waals surface area contributed by atoms with Crippen LogP contribution in [0.15, 0.2) is 16.2 Å². The lowest BCUT2D eigenvalue weighted by Crippen LogP contribution is -2.01. The third-order valence-electron chi connectivity index (χ3n) is 2.08. The quantitative estimate of drug-likeness (QED) is 0.666. The predicted octanol–water partition coefficient (Wildman–Crippen LogP) is 1.87. The molecule has 1 aliphatic rings. The number of rotatable bonds is 3. The lowest BCUT2D eigenvalue weighted by molar-refractivity contribution is 0.225. The van der Waals surface area contributed by atoms with Gasteiger partial charge in [-0.15, -0.1) is 0 Å². The van der Waals surface area contributed by atoms with Crippen molar-refractivity contribution in [2.75, 3.05) is 6.61 Å². The van der Waals surface area contributed by atoms with E-state index in [9.17, 15) is 0 Å². The molecule has 0 spiro atoms. The van der Waals surface area contributed by atoms with Gasteiger partial charge < -0.3 is 4.74 Å². The standard InChI is InChI=1S/C9H12N2O2/c1-7-10-9(13-11-7)12-6-5-8-3-2-4-8/h5H,2-4,6H2,1H3. The van der Waals surface area contributed by atoms with Crippen LogP contribution >= 0.6 is 0 Å². The van der Waals surface area contributed by atoms with E-state index in [1.807, 2.05) is 0 Å². The van der Waals surface area contributed by atoms with Crippen molar-refractivity contribution in [3.63, 3.8) is 0 Å². The number of aromatic nitrogens is 2. The normalized spacial score (nSPS) is 15.3. The number of nitrogens with zero attached hydrogens (tertiary/aromatic N) is 2. The maximum absolute atomic E-state index is 5.22. The summed E-state index contributed by atoms with van der Waals surface area (Å²) >= 11 is 0. The summed E-state index contributed by atoms with van der Waals surface area (Å²) in [5.41, 5.74) is 1.47. The first-order chi connectivity index (χ1) is 6.34. The molecule has 1 saturated carbocycles. The van der Waals surface area contributed by atoms with Crippen LogP contribution in [0.4, 0.5) is 0 Å². The van der Waals surface area contributed by atoms with E-state index >= 15 is 0 Å². The van der Waals surface area contributed by atoms with E-state index in [-0.39, 0.29) is 6.08 Å². The zero-order valence-corrected chi connectivity index (χ0v) is 7.62. The molecule has 0 unspecified atom stereocenters. The molecular formula is C9H12N2O2. The van der Waals surface area contributed by atoms with Crippen molar-refractivity contribution in [3.8, 4) is 6.08 Å². The van der Waals surface area contributed by atoms with Gasteiger partial charge in [0.25, 0.3) is 0 Å². The second-order valence-electron chi connectivity index (χ2n) is 3.13. The lowest BCUT2D eigenvalue weighted by atomic mass is 9.92. The van der Waals surface area contributed by atoms with Crippen molar-refractivity contribution in [3.05, 3.63) is 17.5 Å². The molecule has 4 nitrogen and oxygen atoms in total. The highest BCUT2D eigenvalue weighted by Gasteiger charge is 2.07. The minimum atomic E-state index is 0.258. The molecular weight excluding hydrogens is 168 g/mol. The molecule has 0 N–H and O–H groups in total. The van der Waals surface area contributed by atoms with E-state index in [1.165, 1.54) is 24.8 Å². The fourth-order valence-corrected chi connectivity index (χ4v) is 1.15. The summed E-state index contributed by atoms with van der Waals surface area (Å²) in [6.07, 6.45) is 6.08. The number of ether oxygens (including phenoxy) is 1. The van der Waals surface area contributed by atoms with Crippen molar-refractivity contribution in [2.45, 2.75) is 26.2 Å². The Morgan fingerprint density at radius 1 is 1.54 bits per heavy atom. The summed E-state index contributed by atoms with van der Waals surface area (Å²) in [5, 5.41) is 3.62. The molecule has 0 radical (unpaired) electrons. The summed E-state index contributed by atoms with van der Waals surface area (Å²) in [6, 6.07) is 0. The van der Waals surface area contributed by atoms with Crippen LogP contribution in [0.25, 0.3) is 0 Å². The molecule has 1 aromatic heterocycles. The Morgan fingerprint density at radius 2 is 2.38 bits per heavy atom. The van der Waals surface area contributed by atoms with E-state index in [2.05, 4.69) is 16.2 Å². The zero-order chi connectivity index (χ0) is 9.10. The molecule has 1 aliphatic carbocycles. The SMILES string of the molecule is Cc1noc(OCC=C2CCC2)n1. The van der Waals surface area contributed by atoms with Crippen LogP contribution in [0.3, 0.4) is 0 Å². The largest absolute Gasteiger partial charge is 0.445 e. The molecule has 2 rings (SSSR count). The topological polar surface area (TPSA) is 48.2 Å². The van der Waals surface area contributed by atoms with Crippen molar-refractivity contribution >= 4 is 0 Å². The first kappa shape index (κ1) is 8.29. The molecule has 1 fully saturated rings. The van der Waals surface area contributed by atoms with Gasteiger partial charge in [0.15, 0.2) is 5.82 Å². The van der Waals surface area contributed by atoms with Gasteiger partial charge in [-0.1, -0.05) is 10.7 Å². The average molecular weight is 180 g/mol. The molecule has 0 saturated heterocycles. The Morgan fingerprint density at radius 3 is 2.92 bits per heavy atom. The second-order valence-corrected chi connectivity index (χ2v) is 3.13. The number of aryl methyl sites for hydroxylation is 1. The zero-order valence-electron chi connectivity index (χ0n) is 7.62. The molecule has 0 aliphatic heterocycles. The van der Waals surface area contributed by atoms with Crippen LogP contribution in [0, 0.1) is 6.92 Å². The highest BCUT2D eigenvalue weighted by Crippen LogP contribution is 2.24. The van der Waals surface area contributed by atoms with Gasteiger partial charge in [-0.3, -0.25) is 4.52 Å². The van der Waals surface area contributed by atoms with Crippen molar-refractivity contribution in [2.24, 2.45) is 0 Å². The van der Waals surface area contributed by atoms with Crippen LogP contribution in [0.2, 0.25) is 0 Å².